The number of anilines is 1. The maximum atomic E-state index is 10.4. The maximum absolute atomic E-state index is 10.4. The van der Waals surface area contributed by atoms with Gasteiger partial charge in [-0.3, -0.25) is 10.7 Å². The molecule has 0 spiro atoms. The number of para-hydroxylation sites is 1. The van der Waals surface area contributed by atoms with E-state index < -0.39 is 5.97 Å². The van der Waals surface area contributed by atoms with Crippen LogP contribution in [0.5, 0.6) is 5.75 Å². The quantitative estimate of drug-likeness (QED) is 0.740. The van der Waals surface area contributed by atoms with E-state index in [-0.39, 0.29) is 5.56 Å². The number of hydrogen-bond donors (Lipinski definition) is 3. The summed E-state index contributed by atoms with van der Waals surface area (Å²) in [6, 6.07) is 15.4. The van der Waals surface area contributed by atoms with Gasteiger partial charge in [-0.05, 0) is 36.4 Å². The van der Waals surface area contributed by atoms with Crippen LogP contribution >= 0.6 is 0 Å². The van der Waals surface area contributed by atoms with Crippen LogP contribution in [0.25, 0.3) is 0 Å². The molecule has 0 bridgehead atoms. The summed E-state index contributed by atoms with van der Waals surface area (Å²) < 4.78 is 4.86. The molecule has 0 aliphatic carbocycles. The Kier molecular flexibility index (Phi) is 5.91. The second-order valence-electron chi connectivity index (χ2n) is 3.51. The molecule has 5 heteroatoms. The van der Waals surface area contributed by atoms with Gasteiger partial charge in [0.2, 0.25) is 0 Å². The highest BCUT2D eigenvalue weighted by atomic mass is 16.5. The van der Waals surface area contributed by atoms with Crippen molar-refractivity contribution in [3.63, 3.8) is 0 Å². The SMILES string of the molecule is COc1ccc(C(=O)O)cc1.ONc1ccccc1. The van der Waals surface area contributed by atoms with E-state index >= 15 is 0 Å². The lowest BCUT2D eigenvalue weighted by atomic mass is 10.2. The smallest absolute Gasteiger partial charge is 0.335 e. The Labute approximate surface area is 111 Å². The van der Waals surface area contributed by atoms with E-state index in [0.717, 1.165) is 0 Å². The molecule has 2 aromatic rings. The Morgan fingerprint density at radius 2 is 1.63 bits per heavy atom. The summed E-state index contributed by atoms with van der Waals surface area (Å²) in [5, 5.41) is 16.8. The minimum Gasteiger partial charge on any atom is -0.497 e. The van der Waals surface area contributed by atoms with Crippen LogP contribution in [0.3, 0.4) is 0 Å². The summed E-state index contributed by atoms with van der Waals surface area (Å²) in [6.45, 7) is 0. The van der Waals surface area contributed by atoms with Crippen LogP contribution in [0, 0.1) is 0 Å². The summed E-state index contributed by atoms with van der Waals surface area (Å²) in [4.78, 5) is 10.4. The molecule has 0 amide bonds. The number of hydrogen-bond acceptors (Lipinski definition) is 4. The number of carboxylic acid groups (broad SMARTS) is 1. The van der Waals surface area contributed by atoms with Gasteiger partial charge in [-0.1, -0.05) is 18.2 Å². The summed E-state index contributed by atoms with van der Waals surface area (Å²) in [6.07, 6.45) is 0. The van der Waals surface area contributed by atoms with Gasteiger partial charge in [0.25, 0.3) is 0 Å². The molecule has 0 aliphatic rings. The number of ether oxygens (including phenoxy) is 1. The molecule has 2 rings (SSSR count). The average molecular weight is 261 g/mol. The summed E-state index contributed by atoms with van der Waals surface area (Å²) in [7, 11) is 1.54. The van der Waals surface area contributed by atoms with E-state index in [1.54, 1.807) is 24.3 Å². The van der Waals surface area contributed by atoms with Crippen molar-refractivity contribution in [2.75, 3.05) is 12.6 Å². The number of rotatable bonds is 3. The molecular formula is C14H15NO4. The molecule has 0 unspecified atom stereocenters. The van der Waals surface area contributed by atoms with Gasteiger partial charge in [0, 0.05) is 0 Å². The lowest BCUT2D eigenvalue weighted by molar-refractivity contribution is 0.0697. The van der Waals surface area contributed by atoms with Crippen molar-refractivity contribution in [1.82, 2.24) is 0 Å². The van der Waals surface area contributed by atoms with Crippen molar-refractivity contribution in [2.24, 2.45) is 0 Å². The zero-order chi connectivity index (χ0) is 14.1. The number of nitrogens with one attached hydrogen (secondary N) is 1. The van der Waals surface area contributed by atoms with E-state index in [0.29, 0.717) is 11.4 Å². The predicted molar refractivity (Wildman–Crippen MR) is 71.8 cm³/mol. The highest BCUT2D eigenvalue weighted by Crippen LogP contribution is 2.10. The summed E-state index contributed by atoms with van der Waals surface area (Å²) >= 11 is 0. The van der Waals surface area contributed by atoms with Gasteiger partial charge < -0.3 is 9.84 Å². The second-order valence-corrected chi connectivity index (χ2v) is 3.51. The van der Waals surface area contributed by atoms with Crippen LogP contribution < -0.4 is 10.2 Å². The maximum Gasteiger partial charge on any atom is 0.335 e. The molecule has 0 heterocycles. The van der Waals surface area contributed by atoms with E-state index in [1.807, 2.05) is 23.7 Å². The fourth-order valence-corrected chi connectivity index (χ4v) is 1.25. The van der Waals surface area contributed by atoms with Gasteiger partial charge >= 0.3 is 5.97 Å². The molecule has 0 saturated carbocycles. The molecule has 3 N–H and O–H groups in total. The van der Waals surface area contributed by atoms with Crippen molar-refractivity contribution in [1.29, 1.82) is 0 Å². The molecule has 0 radical (unpaired) electrons. The first kappa shape index (κ1) is 14.5. The van der Waals surface area contributed by atoms with Crippen LogP contribution in [0.15, 0.2) is 54.6 Å². The highest BCUT2D eigenvalue weighted by molar-refractivity contribution is 5.87. The standard InChI is InChI=1S/C8H8O3.C6H7NO/c1-11-7-4-2-6(3-5-7)8(9)10;8-7-6-4-2-1-3-5-6/h2-5H,1H3,(H,9,10);1-5,7-8H. The minimum absolute atomic E-state index is 0.269. The van der Waals surface area contributed by atoms with E-state index in [9.17, 15) is 4.79 Å². The molecule has 0 saturated heterocycles. The van der Waals surface area contributed by atoms with Crippen molar-refractivity contribution >= 4 is 11.7 Å². The average Bonchev–Trinajstić information content (AvgIpc) is 2.48. The molecule has 5 nitrogen and oxygen atoms in total. The number of benzene rings is 2. The monoisotopic (exact) mass is 261 g/mol. The molecule has 100 valence electrons. The summed E-state index contributed by atoms with van der Waals surface area (Å²) in [5.74, 6) is -0.261. The Morgan fingerprint density at radius 3 is 2.00 bits per heavy atom. The van der Waals surface area contributed by atoms with Crippen molar-refractivity contribution < 1.29 is 19.8 Å². The first-order valence-corrected chi connectivity index (χ1v) is 5.50. The number of carboxylic acids is 1. The third-order valence-electron chi connectivity index (χ3n) is 2.24. The normalized spacial score (nSPS) is 8.95. The Balaban J connectivity index is 0.000000200. The van der Waals surface area contributed by atoms with E-state index in [2.05, 4.69) is 0 Å². The van der Waals surface area contributed by atoms with Gasteiger partial charge in [-0.2, -0.15) is 0 Å². The molecule has 2 aromatic carbocycles. The zero-order valence-electron chi connectivity index (χ0n) is 10.4. The Hall–Kier alpha value is -2.53. The molecule has 0 fully saturated rings. The number of methoxy groups -OCH3 is 1. The lowest BCUT2D eigenvalue weighted by Crippen LogP contribution is -1.95. The van der Waals surface area contributed by atoms with Gasteiger partial charge in [-0.15, -0.1) is 0 Å². The van der Waals surface area contributed by atoms with Crippen molar-refractivity contribution in [2.45, 2.75) is 0 Å². The molecule has 19 heavy (non-hydrogen) atoms. The van der Waals surface area contributed by atoms with Crippen LogP contribution in [0.1, 0.15) is 10.4 Å². The zero-order valence-corrected chi connectivity index (χ0v) is 10.4. The fraction of sp³-hybridized carbons (Fsp3) is 0.0714. The molecular weight excluding hydrogens is 246 g/mol. The Morgan fingerprint density at radius 1 is 1.05 bits per heavy atom. The molecule has 0 aliphatic heterocycles. The summed E-state index contributed by atoms with van der Waals surface area (Å²) in [5.41, 5.74) is 3.01. The van der Waals surface area contributed by atoms with E-state index in [4.69, 9.17) is 15.1 Å². The first-order chi connectivity index (χ1) is 9.17. The fourth-order valence-electron chi connectivity index (χ4n) is 1.25. The van der Waals surface area contributed by atoms with Crippen LogP contribution in [0.4, 0.5) is 5.69 Å². The van der Waals surface area contributed by atoms with Crippen molar-refractivity contribution in [3.05, 3.63) is 60.2 Å². The van der Waals surface area contributed by atoms with Gasteiger partial charge in [0.1, 0.15) is 5.75 Å². The largest absolute Gasteiger partial charge is 0.497 e. The predicted octanol–water partition coefficient (Wildman–Crippen LogP) is 2.88. The third kappa shape index (κ3) is 5.10. The Bertz CT molecular complexity index is 497. The van der Waals surface area contributed by atoms with Gasteiger partial charge in [-0.25, -0.2) is 4.79 Å². The highest BCUT2D eigenvalue weighted by Gasteiger charge is 2.00. The van der Waals surface area contributed by atoms with Gasteiger partial charge in [0.05, 0.1) is 18.4 Å². The topological polar surface area (TPSA) is 78.8 Å². The molecule has 0 aromatic heterocycles. The lowest BCUT2D eigenvalue weighted by Gasteiger charge is -1.98. The third-order valence-corrected chi connectivity index (χ3v) is 2.24. The van der Waals surface area contributed by atoms with Crippen molar-refractivity contribution in [3.8, 4) is 5.75 Å². The van der Waals surface area contributed by atoms with Crippen LogP contribution in [-0.2, 0) is 0 Å². The van der Waals surface area contributed by atoms with Crippen LogP contribution in [-0.4, -0.2) is 23.4 Å². The second kappa shape index (κ2) is 7.73. The van der Waals surface area contributed by atoms with Crippen LogP contribution in [0.2, 0.25) is 0 Å². The number of aromatic carboxylic acids is 1. The first-order valence-electron chi connectivity index (χ1n) is 5.50. The molecule has 0 atom stereocenters. The number of carbonyl (C=O) groups is 1. The minimum atomic E-state index is -0.923. The van der Waals surface area contributed by atoms with E-state index in [1.165, 1.54) is 19.2 Å². The van der Waals surface area contributed by atoms with Gasteiger partial charge in [0.15, 0.2) is 0 Å².